The number of nitrogens with one attached hydrogen (secondary N) is 2. The van der Waals surface area contributed by atoms with Crippen molar-refractivity contribution in [3.8, 4) is 0 Å². The summed E-state index contributed by atoms with van der Waals surface area (Å²) in [6.07, 6.45) is 0. The van der Waals surface area contributed by atoms with E-state index in [1.165, 1.54) is 0 Å². The number of anilines is 1. The Hall–Kier alpha value is -1.72. The van der Waals surface area contributed by atoms with Gasteiger partial charge in [0.25, 0.3) is 0 Å². The van der Waals surface area contributed by atoms with Crippen LogP contribution in [0.25, 0.3) is 0 Å². The second kappa shape index (κ2) is 5.39. The molecule has 0 aliphatic carbocycles. The molecule has 0 aromatic carbocycles. The van der Waals surface area contributed by atoms with Crippen molar-refractivity contribution in [3.05, 3.63) is 11.4 Å². The van der Waals surface area contributed by atoms with Crippen LogP contribution < -0.4 is 10.6 Å². The van der Waals surface area contributed by atoms with Crippen LogP contribution in [0.4, 0.5) is 5.95 Å². The van der Waals surface area contributed by atoms with E-state index >= 15 is 0 Å². The van der Waals surface area contributed by atoms with E-state index < -0.39 is 0 Å². The largest absolute Gasteiger partial charge is 0.352 e. The van der Waals surface area contributed by atoms with E-state index in [0.717, 1.165) is 11.4 Å². The minimum atomic E-state index is -0.0863. The standard InChI is InChI=1S/C10H17N5O/c1-6(2)12-9(16)5-11-10-13-7(3)8(4)14-15-10/h6H,5H2,1-4H3,(H,12,16)(H,11,13,15). The fraction of sp³-hybridized carbons (Fsp3) is 0.600. The third-order valence-electron chi connectivity index (χ3n) is 1.95. The van der Waals surface area contributed by atoms with Crippen molar-refractivity contribution in [2.75, 3.05) is 11.9 Å². The summed E-state index contributed by atoms with van der Waals surface area (Å²) < 4.78 is 0. The summed E-state index contributed by atoms with van der Waals surface area (Å²) in [6.45, 7) is 7.66. The first-order chi connectivity index (χ1) is 7.49. The molecule has 0 saturated carbocycles. The quantitative estimate of drug-likeness (QED) is 0.773. The summed E-state index contributed by atoms with van der Waals surface area (Å²) in [6, 6.07) is 0.132. The first-order valence-corrected chi connectivity index (χ1v) is 5.20. The number of hydrogen-bond acceptors (Lipinski definition) is 5. The Kier molecular flexibility index (Phi) is 4.16. The van der Waals surface area contributed by atoms with Crippen molar-refractivity contribution >= 4 is 11.9 Å². The van der Waals surface area contributed by atoms with Crippen molar-refractivity contribution in [1.29, 1.82) is 0 Å². The zero-order valence-electron chi connectivity index (χ0n) is 10.0. The lowest BCUT2D eigenvalue weighted by atomic mass is 10.4. The van der Waals surface area contributed by atoms with E-state index in [1.54, 1.807) is 0 Å². The predicted octanol–water partition coefficient (Wildman–Crippen LogP) is 0.425. The summed E-state index contributed by atoms with van der Waals surface area (Å²) in [5.41, 5.74) is 1.60. The molecule has 2 N–H and O–H groups in total. The number of hydrogen-bond donors (Lipinski definition) is 2. The number of amides is 1. The third-order valence-corrected chi connectivity index (χ3v) is 1.95. The normalized spacial score (nSPS) is 10.3. The van der Waals surface area contributed by atoms with Crippen LogP contribution in [-0.2, 0) is 4.79 Å². The van der Waals surface area contributed by atoms with Gasteiger partial charge in [-0.25, -0.2) is 4.98 Å². The van der Waals surface area contributed by atoms with E-state index in [2.05, 4.69) is 25.8 Å². The van der Waals surface area contributed by atoms with Gasteiger partial charge in [0.05, 0.1) is 17.9 Å². The smallest absolute Gasteiger partial charge is 0.243 e. The highest BCUT2D eigenvalue weighted by molar-refractivity contribution is 5.80. The van der Waals surface area contributed by atoms with Crippen molar-refractivity contribution in [3.63, 3.8) is 0 Å². The molecule has 6 heteroatoms. The van der Waals surface area contributed by atoms with Crippen LogP contribution in [0.5, 0.6) is 0 Å². The van der Waals surface area contributed by atoms with Gasteiger partial charge in [0, 0.05) is 6.04 Å². The molecule has 1 rings (SSSR count). The lowest BCUT2D eigenvalue weighted by molar-refractivity contribution is -0.119. The molecule has 0 atom stereocenters. The summed E-state index contributed by atoms with van der Waals surface area (Å²) in [5.74, 6) is 0.291. The Labute approximate surface area is 94.9 Å². The second-order valence-corrected chi connectivity index (χ2v) is 3.88. The maximum Gasteiger partial charge on any atom is 0.243 e. The van der Waals surface area contributed by atoms with Crippen molar-refractivity contribution in [1.82, 2.24) is 20.5 Å². The molecule has 1 heterocycles. The molecule has 1 amide bonds. The minimum absolute atomic E-state index is 0.0863. The van der Waals surface area contributed by atoms with Gasteiger partial charge >= 0.3 is 0 Å². The maximum atomic E-state index is 11.3. The molecule has 88 valence electrons. The molecule has 0 saturated heterocycles. The van der Waals surface area contributed by atoms with E-state index in [4.69, 9.17) is 0 Å². The predicted molar refractivity (Wildman–Crippen MR) is 61.1 cm³/mol. The summed E-state index contributed by atoms with van der Waals surface area (Å²) in [4.78, 5) is 15.5. The van der Waals surface area contributed by atoms with Crippen LogP contribution in [0.1, 0.15) is 25.2 Å². The number of aromatic nitrogens is 3. The van der Waals surface area contributed by atoms with Crippen LogP contribution in [0.3, 0.4) is 0 Å². The van der Waals surface area contributed by atoms with Gasteiger partial charge in [0.1, 0.15) is 0 Å². The van der Waals surface area contributed by atoms with Gasteiger partial charge in [-0.05, 0) is 27.7 Å². The third kappa shape index (κ3) is 3.80. The molecule has 6 nitrogen and oxygen atoms in total. The average Bonchev–Trinajstić information content (AvgIpc) is 2.19. The molecule has 1 aromatic rings. The maximum absolute atomic E-state index is 11.3. The van der Waals surface area contributed by atoms with Gasteiger partial charge in [-0.2, -0.15) is 5.10 Å². The molecular formula is C10H17N5O. The van der Waals surface area contributed by atoms with E-state index in [1.807, 2.05) is 27.7 Å². The van der Waals surface area contributed by atoms with Crippen LogP contribution in [-0.4, -0.2) is 33.7 Å². The Morgan fingerprint density at radius 3 is 2.50 bits per heavy atom. The van der Waals surface area contributed by atoms with Gasteiger partial charge in [-0.1, -0.05) is 0 Å². The average molecular weight is 223 g/mol. The Bertz CT molecular complexity index is 377. The van der Waals surface area contributed by atoms with Crippen LogP contribution >= 0.6 is 0 Å². The highest BCUT2D eigenvalue weighted by atomic mass is 16.1. The number of carbonyl (C=O) groups is 1. The fourth-order valence-corrected chi connectivity index (χ4v) is 1.06. The zero-order valence-corrected chi connectivity index (χ0v) is 10.0. The molecule has 16 heavy (non-hydrogen) atoms. The molecule has 0 bridgehead atoms. The number of rotatable bonds is 4. The highest BCUT2D eigenvalue weighted by Gasteiger charge is 2.05. The van der Waals surface area contributed by atoms with Crippen LogP contribution in [0.15, 0.2) is 0 Å². The molecular weight excluding hydrogens is 206 g/mol. The Morgan fingerprint density at radius 2 is 1.94 bits per heavy atom. The van der Waals surface area contributed by atoms with Crippen molar-refractivity contribution < 1.29 is 4.79 Å². The lowest BCUT2D eigenvalue weighted by Crippen LogP contribution is -2.35. The summed E-state index contributed by atoms with van der Waals surface area (Å²) in [7, 11) is 0. The molecule has 0 spiro atoms. The first-order valence-electron chi connectivity index (χ1n) is 5.20. The van der Waals surface area contributed by atoms with E-state index in [-0.39, 0.29) is 18.5 Å². The lowest BCUT2D eigenvalue weighted by Gasteiger charge is -2.09. The van der Waals surface area contributed by atoms with Crippen LogP contribution in [0, 0.1) is 13.8 Å². The van der Waals surface area contributed by atoms with Gasteiger partial charge in [-0.3, -0.25) is 4.79 Å². The highest BCUT2D eigenvalue weighted by Crippen LogP contribution is 2.00. The van der Waals surface area contributed by atoms with Crippen molar-refractivity contribution in [2.45, 2.75) is 33.7 Å². The molecule has 0 radical (unpaired) electrons. The van der Waals surface area contributed by atoms with Crippen LogP contribution in [0.2, 0.25) is 0 Å². The van der Waals surface area contributed by atoms with Crippen molar-refractivity contribution in [2.24, 2.45) is 0 Å². The monoisotopic (exact) mass is 223 g/mol. The second-order valence-electron chi connectivity index (χ2n) is 3.88. The van der Waals surface area contributed by atoms with Gasteiger partial charge in [-0.15, -0.1) is 5.10 Å². The first kappa shape index (κ1) is 12.4. The molecule has 0 unspecified atom stereocenters. The molecule has 1 aromatic heterocycles. The van der Waals surface area contributed by atoms with E-state index in [9.17, 15) is 4.79 Å². The van der Waals surface area contributed by atoms with Gasteiger partial charge < -0.3 is 10.6 Å². The number of aryl methyl sites for hydroxylation is 2. The van der Waals surface area contributed by atoms with Gasteiger partial charge in [0.2, 0.25) is 11.9 Å². The number of carbonyl (C=O) groups excluding carboxylic acids is 1. The summed E-state index contributed by atoms with van der Waals surface area (Å²) >= 11 is 0. The molecule has 0 fully saturated rings. The fourth-order valence-electron chi connectivity index (χ4n) is 1.06. The van der Waals surface area contributed by atoms with E-state index in [0.29, 0.717) is 5.95 Å². The molecule has 0 aliphatic heterocycles. The number of nitrogens with zero attached hydrogens (tertiary/aromatic N) is 3. The zero-order chi connectivity index (χ0) is 12.1. The Balaban J connectivity index is 2.48. The Morgan fingerprint density at radius 1 is 1.25 bits per heavy atom. The van der Waals surface area contributed by atoms with Gasteiger partial charge in [0.15, 0.2) is 0 Å². The minimum Gasteiger partial charge on any atom is -0.352 e. The SMILES string of the molecule is Cc1nnc(NCC(=O)NC(C)C)nc1C. The molecule has 0 aliphatic rings. The summed E-state index contributed by atoms with van der Waals surface area (Å²) in [5, 5.41) is 13.3. The topological polar surface area (TPSA) is 79.8 Å².